The van der Waals surface area contributed by atoms with Gasteiger partial charge in [0.05, 0.1) is 12.0 Å². The molecule has 14 heavy (non-hydrogen) atoms. The molecule has 0 saturated heterocycles. The van der Waals surface area contributed by atoms with Crippen molar-refractivity contribution < 1.29 is 14.6 Å². The van der Waals surface area contributed by atoms with E-state index in [2.05, 4.69) is 0 Å². The Hall–Kier alpha value is -0.570. The van der Waals surface area contributed by atoms with Crippen molar-refractivity contribution in [3.63, 3.8) is 0 Å². The van der Waals surface area contributed by atoms with Gasteiger partial charge in [-0.1, -0.05) is 6.42 Å². The van der Waals surface area contributed by atoms with Crippen LogP contribution in [0.5, 0.6) is 0 Å². The standard InChI is InChI=1S/C11H18O3/c1-2-14-7-11(10(12)13)6-8-3-4-9(11)5-8/h8-9H,2-7H2,1H3,(H,12,13). The average molecular weight is 198 g/mol. The molecule has 1 N–H and O–H groups in total. The number of carboxylic acids is 1. The number of hydrogen-bond donors (Lipinski definition) is 1. The summed E-state index contributed by atoms with van der Waals surface area (Å²) in [4.78, 5) is 11.3. The van der Waals surface area contributed by atoms with Gasteiger partial charge in [0, 0.05) is 6.61 Å². The first kappa shape index (κ1) is 9.97. The van der Waals surface area contributed by atoms with Crippen molar-refractivity contribution in [1.29, 1.82) is 0 Å². The highest BCUT2D eigenvalue weighted by Crippen LogP contribution is 2.56. The lowest BCUT2D eigenvalue weighted by molar-refractivity contribution is -0.157. The first-order valence-corrected chi connectivity index (χ1v) is 5.50. The molecular formula is C11H18O3. The summed E-state index contributed by atoms with van der Waals surface area (Å²) in [7, 11) is 0. The van der Waals surface area contributed by atoms with Gasteiger partial charge in [-0.25, -0.2) is 0 Å². The quantitative estimate of drug-likeness (QED) is 0.750. The van der Waals surface area contributed by atoms with Crippen molar-refractivity contribution >= 4 is 5.97 Å². The average Bonchev–Trinajstić information content (AvgIpc) is 2.74. The number of aliphatic carboxylic acids is 1. The fourth-order valence-electron chi connectivity index (χ4n) is 3.23. The predicted octanol–water partition coefficient (Wildman–Crippen LogP) is 1.91. The van der Waals surface area contributed by atoms with Gasteiger partial charge in [0.15, 0.2) is 0 Å². The molecule has 0 aromatic carbocycles. The first-order valence-electron chi connectivity index (χ1n) is 5.50. The Kier molecular flexibility index (Phi) is 2.52. The van der Waals surface area contributed by atoms with E-state index in [1.54, 1.807) is 0 Å². The second kappa shape index (κ2) is 3.54. The van der Waals surface area contributed by atoms with Crippen LogP contribution in [-0.4, -0.2) is 24.3 Å². The van der Waals surface area contributed by atoms with E-state index in [1.807, 2.05) is 6.92 Å². The molecule has 3 unspecified atom stereocenters. The maximum Gasteiger partial charge on any atom is 0.312 e. The van der Waals surface area contributed by atoms with Gasteiger partial charge in [-0.05, 0) is 38.0 Å². The molecular weight excluding hydrogens is 180 g/mol. The number of hydrogen-bond acceptors (Lipinski definition) is 2. The minimum atomic E-state index is -0.641. The van der Waals surface area contributed by atoms with Crippen molar-refractivity contribution in [2.45, 2.75) is 32.6 Å². The summed E-state index contributed by atoms with van der Waals surface area (Å²) < 4.78 is 5.35. The largest absolute Gasteiger partial charge is 0.481 e. The Balaban J connectivity index is 2.11. The number of carbonyl (C=O) groups is 1. The predicted molar refractivity (Wildman–Crippen MR) is 52.0 cm³/mol. The van der Waals surface area contributed by atoms with E-state index in [1.165, 1.54) is 6.42 Å². The van der Waals surface area contributed by atoms with Gasteiger partial charge in [0.1, 0.15) is 0 Å². The van der Waals surface area contributed by atoms with Crippen LogP contribution in [0.15, 0.2) is 0 Å². The molecule has 0 amide bonds. The molecule has 0 radical (unpaired) electrons. The van der Waals surface area contributed by atoms with E-state index >= 15 is 0 Å². The summed E-state index contributed by atoms with van der Waals surface area (Å²) in [6.45, 7) is 2.95. The lowest BCUT2D eigenvalue weighted by atomic mass is 9.74. The van der Waals surface area contributed by atoms with E-state index < -0.39 is 11.4 Å². The number of carboxylic acid groups (broad SMARTS) is 1. The van der Waals surface area contributed by atoms with Crippen molar-refractivity contribution in [2.24, 2.45) is 17.3 Å². The van der Waals surface area contributed by atoms with Crippen LogP contribution in [0, 0.1) is 17.3 Å². The smallest absolute Gasteiger partial charge is 0.312 e. The Labute approximate surface area is 84.4 Å². The van der Waals surface area contributed by atoms with Gasteiger partial charge in [0.2, 0.25) is 0 Å². The Morgan fingerprint density at radius 3 is 2.79 bits per heavy atom. The van der Waals surface area contributed by atoms with Crippen LogP contribution in [0.25, 0.3) is 0 Å². The third kappa shape index (κ3) is 1.34. The number of fused-ring (bicyclic) bond motifs is 2. The van der Waals surface area contributed by atoms with Crippen LogP contribution in [0.2, 0.25) is 0 Å². The molecule has 3 atom stereocenters. The maximum atomic E-state index is 11.3. The Morgan fingerprint density at radius 2 is 2.36 bits per heavy atom. The third-order valence-electron chi connectivity index (χ3n) is 3.97. The fraction of sp³-hybridized carbons (Fsp3) is 0.909. The lowest BCUT2D eigenvalue weighted by Gasteiger charge is -2.33. The molecule has 2 rings (SSSR count). The van der Waals surface area contributed by atoms with Crippen molar-refractivity contribution in [3.05, 3.63) is 0 Å². The number of rotatable bonds is 4. The minimum Gasteiger partial charge on any atom is -0.481 e. The topological polar surface area (TPSA) is 46.5 Å². The van der Waals surface area contributed by atoms with Crippen LogP contribution in [0.4, 0.5) is 0 Å². The monoisotopic (exact) mass is 198 g/mol. The van der Waals surface area contributed by atoms with Crippen LogP contribution >= 0.6 is 0 Å². The van der Waals surface area contributed by atoms with Crippen molar-refractivity contribution in [3.8, 4) is 0 Å². The zero-order valence-electron chi connectivity index (χ0n) is 8.66. The molecule has 0 heterocycles. The molecule has 0 spiro atoms. The van der Waals surface area contributed by atoms with Crippen LogP contribution in [0.1, 0.15) is 32.6 Å². The molecule has 2 bridgehead atoms. The van der Waals surface area contributed by atoms with Gasteiger partial charge in [-0.15, -0.1) is 0 Å². The van der Waals surface area contributed by atoms with Gasteiger partial charge in [-0.3, -0.25) is 4.79 Å². The molecule has 3 nitrogen and oxygen atoms in total. The maximum absolute atomic E-state index is 11.3. The number of ether oxygens (including phenoxy) is 1. The Bertz CT molecular complexity index is 239. The first-order chi connectivity index (χ1) is 6.69. The molecule has 2 aliphatic rings. The SMILES string of the molecule is CCOCC1(C(=O)O)CC2CCC1C2. The fourth-order valence-corrected chi connectivity index (χ4v) is 3.23. The molecule has 2 fully saturated rings. The minimum absolute atomic E-state index is 0.372. The van der Waals surface area contributed by atoms with E-state index in [-0.39, 0.29) is 0 Å². The van der Waals surface area contributed by atoms with Crippen molar-refractivity contribution in [1.82, 2.24) is 0 Å². The zero-order valence-corrected chi connectivity index (χ0v) is 8.66. The summed E-state index contributed by atoms with van der Waals surface area (Å²) in [6, 6.07) is 0. The van der Waals surface area contributed by atoms with Crippen LogP contribution in [-0.2, 0) is 9.53 Å². The molecule has 0 aromatic heterocycles. The Morgan fingerprint density at radius 1 is 1.57 bits per heavy atom. The molecule has 80 valence electrons. The van der Waals surface area contributed by atoms with Gasteiger partial charge in [-0.2, -0.15) is 0 Å². The van der Waals surface area contributed by atoms with Gasteiger partial charge < -0.3 is 9.84 Å². The molecule has 2 aliphatic carbocycles. The van der Waals surface area contributed by atoms with E-state index in [4.69, 9.17) is 4.74 Å². The highest BCUT2D eigenvalue weighted by molar-refractivity contribution is 5.76. The van der Waals surface area contributed by atoms with Crippen molar-refractivity contribution in [2.75, 3.05) is 13.2 Å². The van der Waals surface area contributed by atoms with E-state index in [0.717, 1.165) is 19.3 Å². The summed E-state index contributed by atoms with van der Waals surface area (Å²) >= 11 is 0. The molecule has 0 aromatic rings. The van der Waals surface area contributed by atoms with Gasteiger partial charge >= 0.3 is 5.97 Å². The van der Waals surface area contributed by atoms with Gasteiger partial charge in [0.25, 0.3) is 0 Å². The van der Waals surface area contributed by atoms with E-state index in [0.29, 0.717) is 25.0 Å². The summed E-state index contributed by atoms with van der Waals surface area (Å²) in [6.07, 6.45) is 4.27. The van der Waals surface area contributed by atoms with Crippen LogP contribution < -0.4 is 0 Å². The molecule has 0 aliphatic heterocycles. The second-order valence-corrected chi connectivity index (χ2v) is 4.68. The van der Waals surface area contributed by atoms with E-state index in [9.17, 15) is 9.90 Å². The van der Waals surface area contributed by atoms with Crippen LogP contribution in [0.3, 0.4) is 0 Å². The highest BCUT2D eigenvalue weighted by Gasteiger charge is 2.55. The summed E-state index contributed by atoms with van der Waals surface area (Å²) in [5.74, 6) is 0.381. The highest BCUT2D eigenvalue weighted by atomic mass is 16.5. The molecule has 3 heteroatoms. The summed E-state index contributed by atoms with van der Waals surface area (Å²) in [5, 5.41) is 9.33. The lowest BCUT2D eigenvalue weighted by Crippen LogP contribution is -2.40. The molecule has 2 saturated carbocycles. The summed E-state index contributed by atoms with van der Waals surface area (Å²) in [5.41, 5.74) is -0.543. The zero-order chi connectivity index (χ0) is 10.2. The normalized spacial score (nSPS) is 40.4. The third-order valence-corrected chi connectivity index (χ3v) is 3.97. The second-order valence-electron chi connectivity index (χ2n) is 4.68.